The van der Waals surface area contributed by atoms with Crippen LogP contribution in [0.15, 0.2) is 24.5 Å². The van der Waals surface area contributed by atoms with Gasteiger partial charge in [0.25, 0.3) is 0 Å². The Morgan fingerprint density at radius 2 is 2.32 bits per heavy atom. The summed E-state index contributed by atoms with van der Waals surface area (Å²) in [6, 6.07) is 3.81. The van der Waals surface area contributed by atoms with Crippen LogP contribution in [0.4, 0.5) is 0 Å². The largest absolute Gasteiger partial charge is 0.385 e. The number of amides is 2. The first-order valence-electron chi connectivity index (χ1n) is 8.28. The van der Waals surface area contributed by atoms with Gasteiger partial charge in [-0.1, -0.05) is 6.07 Å². The van der Waals surface area contributed by atoms with Crippen molar-refractivity contribution < 1.29 is 19.4 Å². The molecule has 0 radical (unpaired) electrons. The number of nitrogens with one attached hydrogen (secondary N) is 1. The number of rotatable bonds is 6. The van der Waals surface area contributed by atoms with E-state index in [2.05, 4.69) is 10.3 Å². The Balaban J connectivity index is 1.93. The van der Waals surface area contributed by atoms with Crippen molar-refractivity contribution in [1.29, 1.82) is 0 Å². The molecule has 2 N–H and O–H groups in total. The van der Waals surface area contributed by atoms with E-state index in [0.29, 0.717) is 19.7 Å². The average Bonchev–Trinajstić information content (AvgIpc) is 2.77. The van der Waals surface area contributed by atoms with Crippen molar-refractivity contribution in [1.82, 2.24) is 20.1 Å². The molecule has 1 saturated heterocycles. The number of hydrogen-bond acceptors (Lipinski definition) is 6. The molecule has 2 amide bonds. The Labute approximate surface area is 147 Å². The van der Waals surface area contributed by atoms with Gasteiger partial charge in [0.05, 0.1) is 32.7 Å². The third-order valence-electron chi connectivity index (χ3n) is 4.06. The number of aliphatic hydroxyl groups is 1. The molecule has 2 rings (SSSR count). The van der Waals surface area contributed by atoms with Crippen molar-refractivity contribution >= 4 is 11.8 Å². The number of carbonyl (C=O) groups excluding carboxylic acids is 2. The molecule has 1 aromatic heterocycles. The number of aromatic nitrogens is 1. The fourth-order valence-corrected chi connectivity index (χ4v) is 2.81. The molecule has 1 aliphatic heterocycles. The highest BCUT2D eigenvalue weighted by Crippen LogP contribution is 2.17. The van der Waals surface area contributed by atoms with E-state index in [1.807, 2.05) is 24.1 Å². The second-order valence-corrected chi connectivity index (χ2v) is 6.48. The molecular formula is C17H26N4O4. The number of likely N-dealkylation sites (N-methyl/N-ethyl adjacent to an activating group) is 1. The van der Waals surface area contributed by atoms with Crippen LogP contribution in [0.25, 0.3) is 0 Å². The highest BCUT2D eigenvalue weighted by atomic mass is 16.5. The maximum Gasteiger partial charge on any atom is 0.236 e. The minimum atomic E-state index is -1.37. The molecule has 0 bridgehead atoms. The first-order valence-corrected chi connectivity index (χ1v) is 8.28. The molecule has 2 heterocycles. The van der Waals surface area contributed by atoms with Gasteiger partial charge in [-0.3, -0.25) is 19.5 Å². The molecule has 0 aromatic carbocycles. The predicted molar refractivity (Wildman–Crippen MR) is 91.6 cm³/mol. The molecular weight excluding hydrogens is 324 g/mol. The van der Waals surface area contributed by atoms with Crippen LogP contribution < -0.4 is 5.32 Å². The highest BCUT2D eigenvalue weighted by molar-refractivity contribution is 5.79. The minimum Gasteiger partial charge on any atom is -0.385 e. The van der Waals surface area contributed by atoms with Gasteiger partial charge in [-0.2, -0.15) is 0 Å². The first-order chi connectivity index (χ1) is 11.9. The topological polar surface area (TPSA) is 95.0 Å². The SMILES string of the molecule is CNC(=O)C[C@]1(O)COCCN(C(=O)CN(C)Cc2cccnc2)C1. The Kier molecular flexibility index (Phi) is 6.86. The van der Waals surface area contributed by atoms with Crippen LogP contribution in [0.3, 0.4) is 0 Å². The van der Waals surface area contributed by atoms with Gasteiger partial charge in [-0.05, 0) is 18.7 Å². The minimum absolute atomic E-state index is 0.0374. The lowest BCUT2D eigenvalue weighted by Gasteiger charge is -2.31. The fraction of sp³-hybridized carbons (Fsp3) is 0.588. The van der Waals surface area contributed by atoms with E-state index in [1.54, 1.807) is 17.3 Å². The lowest BCUT2D eigenvalue weighted by Crippen LogP contribution is -2.50. The van der Waals surface area contributed by atoms with Crippen LogP contribution in [0.2, 0.25) is 0 Å². The number of carbonyl (C=O) groups is 2. The summed E-state index contributed by atoms with van der Waals surface area (Å²) in [5.41, 5.74) is -0.345. The first kappa shape index (κ1) is 19.3. The average molecular weight is 350 g/mol. The van der Waals surface area contributed by atoms with Crippen molar-refractivity contribution in [2.75, 3.05) is 46.9 Å². The van der Waals surface area contributed by atoms with Gasteiger partial charge in [-0.15, -0.1) is 0 Å². The Bertz CT molecular complexity index is 583. The number of ether oxygens (including phenoxy) is 1. The number of hydrogen-bond donors (Lipinski definition) is 2. The number of β-amino-alcohol motifs (C(OH)–C–C–N with tert-alkyl or cyclic N) is 1. The van der Waals surface area contributed by atoms with E-state index < -0.39 is 5.60 Å². The molecule has 1 aromatic rings. The smallest absolute Gasteiger partial charge is 0.236 e. The summed E-state index contributed by atoms with van der Waals surface area (Å²) >= 11 is 0. The summed E-state index contributed by atoms with van der Waals surface area (Å²) in [5.74, 6) is -0.388. The van der Waals surface area contributed by atoms with Gasteiger partial charge >= 0.3 is 0 Å². The van der Waals surface area contributed by atoms with E-state index >= 15 is 0 Å². The van der Waals surface area contributed by atoms with Crippen LogP contribution in [-0.2, 0) is 20.9 Å². The van der Waals surface area contributed by atoms with Crippen molar-refractivity contribution in [2.45, 2.75) is 18.6 Å². The molecule has 138 valence electrons. The van der Waals surface area contributed by atoms with E-state index in [1.165, 1.54) is 7.05 Å². The van der Waals surface area contributed by atoms with Gasteiger partial charge < -0.3 is 20.1 Å². The predicted octanol–water partition coefficient (Wildman–Crippen LogP) is -0.761. The van der Waals surface area contributed by atoms with Crippen LogP contribution >= 0.6 is 0 Å². The zero-order chi connectivity index (χ0) is 18.3. The van der Waals surface area contributed by atoms with E-state index in [0.717, 1.165) is 5.56 Å². The normalized spacial score (nSPS) is 21.0. The zero-order valence-electron chi connectivity index (χ0n) is 14.8. The third-order valence-corrected chi connectivity index (χ3v) is 4.06. The third kappa shape index (κ3) is 6.08. The Morgan fingerprint density at radius 1 is 1.52 bits per heavy atom. The van der Waals surface area contributed by atoms with Crippen LogP contribution in [0.1, 0.15) is 12.0 Å². The van der Waals surface area contributed by atoms with Crippen LogP contribution in [0, 0.1) is 0 Å². The van der Waals surface area contributed by atoms with E-state index in [4.69, 9.17) is 4.74 Å². The van der Waals surface area contributed by atoms with Crippen molar-refractivity contribution in [2.24, 2.45) is 0 Å². The molecule has 0 saturated carbocycles. The summed E-state index contributed by atoms with van der Waals surface area (Å²) in [6.07, 6.45) is 3.38. The van der Waals surface area contributed by atoms with Gasteiger partial charge in [0.1, 0.15) is 5.60 Å². The van der Waals surface area contributed by atoms with Gasteiger partial charge in [0, 0.05) is 32.5 Å². The standard InChI is InChI=1S/C17H26N4O4/c1-18-15(22)8-17(24)12-21(6-7-25-13-17)16(23)11-20(2)10-14-4-3-5-19-9-14/h3-5,9,24H,6-8,10-13H2,1-2H3,(H,18,22)/t17-/m1/s1. The van der Waals surface area contributed by atoms with Crippen molar-refractivity contribution in [3.05, 3.63) is 30.1 Å². The number of nitrogens with zero attached hydrogens (tertiary/aromatic N) is 3. The summed E-state index contributed by atoms with van der Waals surface area (Å²) < 4.78 is 5.39. The summed E-state index contributed by atoms with van der Waals surface area (Å²) in [6.45, 7) is 1.68. The van der Waals surface area contributed by atoms with Crippen LogP contribution in [-0.4, -0.2) is 84.2 Å². The van der Waals surface area contributed by atoms with E-state index in [9.17, 15) is 14.7 Å². The number of pyridine rings is 1. The van der Waals surface area contributed by atoms with Crippen LogP contribution in [0.5, 0.6) is 0 Å². The summed E-state index contributed by atoms with van der Waals surface area (Å²) in [7, 11) is 3.37. The molecule has 8 nitrogen and oxygen atoms in total. The maximum atomic E-state index is 12.6. The summed E-state index contributed by atoms with van der Waals surface area (Å²) in [4.78, 5) is 31.7. The van der Waals surface area contributed by atoms with Crippen molar-refractivity contribution in [3.63, 3.8) is 0 Å². The second kappa shape index (κ2) is 8.89. The lowest BCUT2D eigenvalue weighted by atomic mass is 9.99. The molecule has 1 atom stereocenters. The molecule has 0 unspecified atom stereocenters. The van der Waals surface area contributed by atoms with Crippen molar-refractivity contribution in [3.8, 4) is 0 Å². The monoisotopic (exact) mass is 350 g/mol. The van der Waals surface area contributed by atoms with E-state index in [-0.39, 0.29) is 37.9 Å². The lowest BCUT2D eigenvalue weighted by molar-refractivity contribution is -0.138. The Morgan fingerprint density at radius 3 is 3.00 bits per heavy atom. The fourth-order valence-electron chi connectivity index (χ4n) is 2.81. The molecule has 0 spiro atoms. The second-order valence-electron chi connectivity index (χ2n) is 6.48. The van der Waals surface area contributed by atoms with Gasteiger partial charge in [0.2, 0.25) is 11.8 Å². The quantitative estimate of drug-likeness (QED) is 0.700. The zero-order valence-corrected chi connectivity index (χ0v) is 14.8. The molecule has 25 heavy (non-hydrogen) atoms. The molecule has 1 aliphatic rings. The van der Waals surface area contributed by atoms with Gasteiger partial charge in [-0.25, -0.2) is 0 Å². The Hall–Kier alpha value is -2.03. The van der Waals surface area contributed by atoms with Gasteiger partial charge in [0.15, 0.2) is 0 Å². The molecule has 8 heteroatoms. The maximum absolute atomic E-state index is 12.6. The molecule has 1 fully saturated rings. The highest BCUT2D eigenvalue weighted by Gasteiger charge is 2.36. The summed E-state index contributed by atoms with van der Waals surface area (Å²) in [5, 5.41) is 13.1. The molecule has 0 aliphatic carbocycles.